The van der Waals surface area contributed by atoms with Crippen LogP contribution in [-0.2, 0) is 9.53 Å². The van der Waals surface area contributed by atoms with E-state index in [1.807, 2.05) is 26.0 Å². The Morgan fingerprint density at radius 2 is 1.71 bits per heavy atom. The Balaban J connectivity index is 2.07. The van der Waals surface area contributed by atoms with Gasteiger partial charge in [-0.1, -0.05) is 42.5 Å². The molecule has 0 aliphatic rings. The topological polar surface area (TPSA) is 117 Å². The molecule has 31 heavy (non-hydrogen) atoms. The predicted molar refractivity (Wildman–Crippen MR) is 116 cm³/mol. The second kappa shape index (κ2) is 12.3. The van der Waals surface area contributed by atoms with E-state index in [1.165, 1.54) is 11.6 Å². The third-order valence-electron chi connectivity index (χ3n) is 4.30. The van der Waals surface area contributed by atoms with Gasteiger partial charge in [0.1, 0.15) is 0 Å². The Morgan fingerprint density at radius 1 is 1.03 bits per heavy atom. The zero-order valence-electron chi connectivity index (χ0n) is 17.5. The molecule has 1 unspecified atom stereocenters. The van der Waals surface area contributed by atoms with Crippen molar-refractivity contribution in [1.82, 2.24) is 16.1 Å². The Hall–Kier alpha value is -3.49. The van der Waals surface area contributed by atoms with Crippen LogP contribution in [0.4, 0.5) is 4.79 Å². The van der Waals surface area contributed by atoms with Gasteiger partial charge in [-0.2, -0.15) is 0 Å². The molecule has 2 rings (SSSR count). The van der Waals surface area contributed by atoms with Crippen molar-refractivity contribution in [3.63, 3.8) is 0 Å². The highest BCUT2D eigenvalue weighted by atomic mass is 16.5. The predicted octanol–water partition coefficient (Wildman–Crippen LogP) is 3.20. The van der Waals surface area contributed by atoms with Crippen LogP contribution in [0.2, 0.25) is 0 Å². The number of hydrogen-bond acceptors (Lipinski definition) is 5. The van der Waals surface area contributed by atoms with Crippen LogP contribution in [0.1, 0.15) is 47.8 Å². The van der Waals surface area contributed by atoms with Crippen LogP contribution in [0.5, 0.6) is 0 Å². The lowest BCUT2D eigenvalue weighted by molar-refractivity contribution is -0.124. The molecule has 0 saturated heterocycles. The summed E-state index contributed by atoms with van der Waals surface area (Å²) >= 11 is 0. The molecule has 4 N–H and O–H groups in total. The maximum absolute atomic E-state index is 12.4. The summed E-state index contributed by atoms with van der Waals surface area (Å²) in [6.45, 7) is 4.28. The average Bonchev–Trinajstić information content (AvgIpc) is 2.77. The number of urea groups is 1. The van der Waals surface area contributed by atoms with E-state index in [2.05, 4.69) is 10.6 Å². The van der Waals surface area contributed by atoms with Gasteiger partial charge in [0.15, 0.2) is 0 Å². The Bertz CT molecular complexity index is 895. The number of ether oxygens (including phenoxy) is 1. The molecule has 0 aromatic heterocycles. The van der Waals surface area contributed by atoms with Crippen molar-refractivity contribution in [2.24, 2.45) is 0 Å². The number of carbonyl (C=O) groups is 3. The fourth-order valence-corrected chi connectivity index (χ4v) is 2.75. The van der Waals surface area contributed by atoms with E-state index in [9.17, 15) is 14.4 Å². The summed E-state index contributed by atoms with van der Waals surface area (Å²) < 4.78 is 5.61. The van der Waals surface area contributed by atoms with Crippen LogP contribution in [0.3, 0.4) is 0 Å². The van der Waals surface area contributed by atoms with Crippen molar-refractivity contribution in [3.05, 3.63) is 77.4 Å². The van der Waals surface area contributed by atoms with Crippen molar-refractivity contribution in [1.29, 1.82) is 0 Å². The van der Waals surface area contributed by atoms with E-state index in [-0.39, 0.29) is 12.1 Å². The molecule has 0 saturated carbocycles. The van der Waals surface area contributed by atoms with Crippen LogP contribution in [0.15, 0.2) is 60.7 Å². The molecule has 8 heteroatoms. The number of imide groups is 1. The average molecular weight is 425 g/mol. The van der Waals surface area contributed by atoms with Gasteiger partial charge in [0.05, 0.1) is 12.1 Å². The van der Waals surface area contributed by atoms with Gasteiger partial charge in [-0.3, -0.25) is 20.1 Å². The summed E-state index contributed by atoms with van der Waals surface area (Å²) in [5.74, 6) is -1.12. The summed E-state index contributed by atoms with van der Waals surface area (Å²) in [7, 11) is 0. The molecule has 4 amide bonds. The highest BCUT2D eigenvalue weighted by Gasteiger charge is 2.17. The first-order valence-corrected chi connectivity index (χ1v) is 9.89. The van der Waals surface area contributed by atoms with Crippen molar-refractivity contribution >= 4 is 23.9 Å². The number of hydroxylamine groups is 1. The highest BCUT2D eigenvalue weighted by molar-refractivity contribution is 6.04. The first kappa shape index (κ1) is 23.8. The van der Waals surface area contributed by atoms with Crippen LogP contribution in [0, 0.1) is 0 Å². The zero-order valence-corrected chi connectivity index (χ0v) is 17.5. The molecule has 0 spiro atoms. The van der Waals surface area contributed by atoms with E-state index in [0.29, 0.717) is 18.6 Å². The second-order valence-corrected chi connectivity index (χ2v) is 7.03. The summed E-state index contributed by atoms with van der Waals surface area (Å²) in [6.07, 6.45) is 3.31. The fourth-order valence-electron chi connectivity index (χ4n) is 2.75. The van der Waals surface area contributed by atoms with E-state index in [1.54, 1.807) is 48.5 Å². The summed E-state index contributed by atoms with van der Waals surface area (Å²) in [5.41, 5.74) is 3.48. The van der Waals surface area contributed by atoms with Gasteiger partial charge < -0.3 is 10.1 Å². The van der Waals surface area contributed by atoms with Crippen LogP contribution in [-0.4, -0.2) is 35.8 Å². The smallest absolute Gasteiger partial charge is 0.322 e. The van der Waals surface area contributed by atoms with Gasteiger partial charge >= 0.3 is 6.03 Å². The van der Waals surface area contributed by atoms with Crippen molar-refractivity contribution < 1.29 is 24.3 Å². The first-order valence-electron chi connectivity index (χ1n) is 9.89. The summed E-state index contributed by atoms with van der Waals surface area (Å²) in [5, 5.41) is 13.7. The van der Waals surface area contributed by atoms with Gasteiger partial charge in [0.25, 0.3) is 11.8 Å². The van der Waals surface area contributed by atoms with Gasteiger partial charge in [0.2, 0.25) is 0 Å². The maximum Gasteiger partial charge on any atom is 0.322 e. The third-order valence-corrected chi connectivity index (χ3v) is 4.30. The Morgan fingerprint density at radius 3 is 2.32 bits per heavy atom. The van der Waals surface area contributed by atoms with Crippen LogP contribution < -0.4 is 16.1 Å². The SMILES string of the molecule is CC(C)OCCC(NC(=O)NC(=O)c1ccccc1)c1ccc(C=CC(=O)NO)cc1. The van der Waals surface area contributed by atoms with Crippen molar-refractivity contribution in [2.45, 2.75) is 32.4 Å². The molecule has 0 aliphatic carbocycles. The van der Waals surface area contributed by atoms with E-state index in [0.717, 1.165) is 11.1 Å². The van der Waals surface area contributed by atoms with E-state index in [4.69, 9.17) is 9.94 Å². The van der Waals surface area contributed by atoms with E-state index >= 15 is 0 Å². The minimum atomic E-state index is -0.630. The lowest BCUT2D eigenvalue weighted by Crippen LogP contribution is -2.41. The number of hydrogen-bond donors (Lipinski definition) is 4. The molecule has 8 nitrogen and oxygen atoms in total. The molecule has 0 aliphatic heterocycles. The third kappa shape index (κ3) is 8.41. The number of nitrogens with one attached hydrogen (secondary N) is 3. The maximum atomic E-state index is 12.4. The monoisotopic (exact) mass is 425 g/mol. The molecule has 2 aromatic rings. The standard InChI is InChI=1S/C23H27N3O5/c1-16(2)31-15-14-20(18-11-8-17(9-12-18)10-13-21(27)26-30)24-23(29)25-22(28)19-6-4-3-5-7-19/h3-13,16,20,30H,14-15H2,1-2H3,(H,26,27)(H2,24,25,28,29). The Labute approximate surface area is 181 Å². The molecule has 1 atom stereocenters. The molecule has 0 fully saturated rings. The molecular formula is C23H27N3O5. The normalized spacial score (nSPS) is 11.9. The minimum absolute atomic E-state index is 0.0549. The van der Waals surface area contributed by atoms with Crippen molar-refractivity contribution in [2.75, 3.05) is 6.61 Å². The van der Waals surface area contributed by atoms with Crippen LogP contribution >= 0.6 is 0 Å². The van der Waals surface area contributed by atoms with Crippen molar-refractivity contribution in [3.8, 4) is 0 Å². The van der Waals surface area contributed by atoms with Gasteiger partial charge in [-0.15, -0.1) is 0 Å². The second-order valence-electron chi connectivity index (χ2n) is 7.03. The quantitative estimate of drug-likeness (QED) is 0.280. The first-order chi connectivity index (χ1) is 14.9. The molecular weight excluding hydrogens is 398 g/mol. The zero-order chi connectivity index (χ0) is 22.6. The van der Waals surface area contributed by atoms with Gasteiger partial charge in [-0.25, -0.2) is 10.3 Å². The lowest BCUT2D eigenvalue weighted by atomic mass is 10.0. The molecule has 164 valence electrons. The summed E-state index contributed by atoms with van der Waals surface area (Å²) in [4.78, 5) is 35.7. The molecule has 2 aromatic carbocycles. The minimum Gasteiger partial charge on any atom is -0.379 e. The fraction of sp³-hybridized carbons (Fsp3) is 0.261. The largest absolute Gasteiger partial charge is 0.379 e. The molecule has 0 bridgehead atoms. The van der Waals surface area contributed by atoms with Gasteiger partial charge in [0, 0.05) is 18.2 Å². The highest BCUT2D eigenvalue weighted by Crippen LogP contribution is 2.19. The molecule has 0 radical (unpaired) electrons. The molecule has 0 heterocycles. The Kier molecular flexibility index (Phi) is 9.41. The number of rotatable bonds is 9. The number of benzene rings is 2. The number of amides is 4. The van der Waals surface area contributed by atoms with Gasteiger partial charge in [-0.05, 0) is 49.6 Å². The van der Waals surface area contributed by atoms with Crippen LogP contribution in [0.25, 0.3) is 6.08 Å². The summed E-state index contributed by atoms with van der Waals surface area (Å²) in [6, 6.07) is 14.7. The number of carbonyl (C=O) groups excluding carboxylic acids is 3. The van der Waals surface area contributed by atoms with E-state index < -0.39 is 17.8 Å². The lowest BCUT2D eigenvalue weighted by Gasteiger charge is -2.20.